The van der Waals surface area contributed by atoms with Gasteiger partial charge >= 0.3 is 0 Å². The molecule has 0 saturated carbocycles. The van der Waals surface area contributed by atoms with E-state index in [2.05, 4.69) is 34.2 Å². The monoisotopic (exact) mass is 381 g/mol. The first-order valence-electron chi connectivity index (χ1n) is 8.80. The fourth-order valence-electron chi connectivity index (χ4n) is 3.47. The summed E-state index contributed by atoms with van der Waals surface area (Å²) >= 11 is 6.24. The third kappa shape index (κ3) is 3.21. The Morgan fingerprint density at radius 1 is 1.15 bits per heavy atom. The maximum atomic E-state index is 12.9. The van der Waals surface area contributed by atoms with Gasteiger partial charge in [0.1, 0.15) is 0 Å². The fourth-order valence-corrected chi connectivity index (χ4v) is 3.65. The van der Waals surface area contributed by atoms with E-state index in [4.69, 9.17) is 11.6 Å². The number of nitrogens with one attached hydrogen (secondary N) is 1. The summed E-state index contributed by atoms with van der Waals surface area (Å²) in [4.78, 5) is 21.6. The zero-order valence-electron chi connectivity index (χ0n) is 15.5. The summed E-state index contributed by atoms with van der Waals surface area (Å²) < 4.78 is 1.68. The molecule has 0 amide bonds. The number of Topliss-reactive ketones (excluding diaryl/α,β-unsaturated/α-hetero) is 1. The number of fused-ring (bicyclic) bond motifs is 1. The predicted molar refractivity (Wildman–Crippen MR) is 105 cm³/mol. The van der Waals surface area contributed by atoms with E-state index < -0.39 is 0 Å². The molecule has 7 heteroatoms. The number of benzene rings is 1. The Labute approximate surface area is 162 Å². The van der Waals surface area contributed by atoms with Gasteiger partial charge in [-0.3, -0.25) is 4.79 Å². The van der Waals surface area contributed by atoms with E-state index in [1.54, 1.807) is 23.1 Å². The lowest BCUT2D eigenvalue weighted by Gasteiger charge is -2.28. The molecule has 2 aromatic heterocycles. The lowest BCUT2D eigenvalue weighted by molar-refractivity contribution is 0.0911. The molecule has 0 saturated heterocycles. The lowest BCUT2D eigenvalue weighted by Crippen LogP contribution is -2.28. The van der Waals surface area contributed by atoms with E-state index in [0.717, 1.165) is 23.4 Å². The van der Waals surface area contributed by atoms with Crippen LogP contribution in [0.5, 0.6) is 0 Å². The molecule has 6 nitrogen and oxygen atoms in total. The standard InChI is InChI=1S/C20H20ClN5O/c1-12-13(21)6-4-7-14(12)24-18-17-15(10-20(2,3)11-16(17)27)26(25-18)19-22-8-5-9-23-19/h4-9H,10-11H2,1-3H3,(H,24,25). The van der Waals surface area contributed by atoms with Crippen molar-refractivity contribution in [3.63, 3.8) is 0 Å². The molecule has 0 spiro atoms. The van der Waals surface area contributed by atoms with Crippen LogP contribution in [-0.4, -0.2) is 25.5 Å². The molecule has 0 fully saturated rings. The van der Waals surface area contributed by atoms with Crippen molar-refractivity contribution in [1.82, 2.24) is 19.7 Å². The highest BCUT2D eigenvalue weighted by Crippen LogP contribution is 2.39. The number of ketones is 1. The van der Waals surface area contributed by atoms with Crippen LogP contribution < -0.4 is 5.32 Å². The third-order valence-corrected chi connectivity index (χ3v) is 5.22. The van der Waals surface area contributed by atoms with E-state index in [9.17, 15) is 4.79 Å². The van der Waals surface area contributed by atoms with Crippen LogP contribution in [0.25, 0.3) is 5.95 Å². The second kappa shape index (κ2) is 6.46. The molecule has 0 bridgehead atoms. The van der Waals surface area contributed by atoms with Crippen molar-refractivity contribution < 1.29 is 4.79 Å². The highest BCUT2D eigenvalue weighted by atomic mass is 35.5. The smallest absolute Gasteiger partial charge is 0.250 e. The number of carbonyl (C=O) groups excluding carboxylic acids is 1. The molecule has 0 aliphatic heterocycles. The molecular weight excluding hydrogens is 362 g/mol. The number of hydrogen-bond acceptors (Lipinski definition) is 5. The predicted octanol–water partition coefficient (Wildman–Crippen LogP) is 4.52. The summed E-state index contributed by atoms with van der Waals surface area (Å²) in [6, 6.07) is 7.37. The van der Waals surface area contributed by atoms with Crippen molar-refractivity contribution in [2.75, 3.05) is 5.32 Å². The first-order chi connectivity index (χ1) is 12.9. The summed E-state index contributed by atoms with van der Waals surface area (Å²) in [5, 5.41) is 8.62. The van der Waals surface area contributed by atoms with Crippen LogP contribution in [0.4, 0.5) is 11.5 Å². The zero-order chi connectivity index (χ0) is 19.2. The average molecular weight is 382 g/mol. The molecule has 0 atom stereocenters. The van der Waals surface area contributed by atoms with Gasteiger partial charge in [-0.2, -0.15) is 0 Å². The van der Waals surface area contributed by atoms with Crippen molar-refractivity contribution in [2.24, 2.45) is 5.41 Å². The molecule has 138 valence electrons. The minimum atomic E-state index is -0.139. The van der Waals surface area contributed by atoms with Crippen LogP contribution in [0, 0.1) is 12.3 Å². The SMILES string of the molecule is Cc1c(Cl)cccc1Nc1nn(-c2ncccn2)c2c1C(=O)CC(C)(C)C2. The minimum Gasteiger partial charge on any atom is -0.338 e. The van der Waals surface area contributed by atoms with E-state index in [1.807, 2.05) is 25.1 Å². The van der Waals surface area contributed by atoms with E-state index in [0.29, 0.717) is 28.8 Å². The van der Waals surface area contributed by atoms with Crippen molar-refractivity contribution >= 4 is 28.9 Å². The number of rotatable bonds is 3. The van der Waals surface area contributed by atoms with Crippen molar-refractivity contribution in [1.29, 1.82) is 0 Å². The fraction of sp³-hybridized carbons (Fsp3) is 0.300. The molecule has 27 heavy (non-hydrogen) atoms. The zero-order valence-corrected chi connectivity index (χ0v) is 16.2. The number of halogens is 1. The molecule has 2 heterocycles. The first kappa shape index (κ1) is 17.7. The number of hydrogen-bond donors (Lipinski definition) is 1. The largest absolute Gasteiger partial charge is 0.338 e. The van der Waals surface area contributed by atoms with Crippen LogP contribution in [0.15, 0.2) is 36.7 Å². The molecule has 1 aromatic carbocycles. The second-order valence-corrected chi connectivity index (χ2v) is 8.02. The van der Waals surface area contributed by atoms with Gasteiger partial charge in [0.15, 0.2) is 11.6 Å². The van der Waals surface area contributed by atoms with Crippen molar-refractivity contribution in [2.45, 2.75) is 33.6 Å². The molecule has 1 aliphatic rings. The molecule has 3 aromatic rings. The summed E-state index contributed by atoms with van der Waals surface area (Å²) in [6.45, 7) is 6.11. The van der Waals surface area contributed by atoms with E-state index >= 15 is 0 Å². The van der Waals surface area contributed by atoms with Gasteiger partial charge in [0.2, 0.25) is 0 Å². The van der Waals surface area contributed by atoms with Gasteiger partial charge in [0.25, 0.3) is 5.95 Å². The first-order valence-corrected chi connectivity index (χ1v) is 9.18. The van der Waals surface area contributed by atoms with Gasteiger partial charge in [-0.25, -0.2) is 14.6 Å². The van der Waals surface area contributed by atoms with Crippen molar-refractivity contribution in [3.8, 4) is 5.95 Å². The number of carbonyl (C=O) groups is 1. The maximum absolute atomic E-state index is 12.9. The number of anilines is 2. The lowest BCUT2D eigenvalue weighted by atomic mass is 9.76. The highest BCUT2D eigenvalue weighted by molar-refractivity contribution is 6.31. The van der Waals surface area contributed by atoms with Crippen LogP contribution in [0.2, 0.25) is 5.02 Å². The van der Waals surface area contributed by atoms with Gasteiger partial charge < -0.3 is 5.32 Å². The summed E-state index contributed by atoms with van der Waals surface area (Å²) in [5.74, 6) is 1.05. The maximum Gasteiger partial charge on any atom is 0.250 e. The number of aromatic nitrogens is 4. The van der Waals surface area contributed by atoms with Gasteiger partial charge in [-0.15, -0.1) is 5.10 Å². The highest BCUT2D eigenvalue weighted by Gasteiger charge is 2.37. The topological polar surface area (TPSA) is 72.7 Å². The van der Waals surface area contributed by atoms with Crippen LogP contribution in [-0.2, 0) is 6.42 Å². The molecular formula is C20H20ClN5O. The van der Waals surface area contributed by atoms with Crippen LogP contribution >= 0.6 is 11.6 Å². The third-order valence-electron chi connectivity index (χ3n) is 4.81. The average Bonchev–Trinajstić information content (AvgIpc) is 2.97. The summed E-state index contributed by atoms with van der Waals surface area (Å²) in [5.41, 5.74) is 3.04. The van der Waals surface area contributed by atoms with Gasteiger partial charge in [-0.05, 0) is 42.5 Å². The van der Waals surface area contributed by atoms with Gasteiger partial charge in [0.05, 0.1) is 11.3 Å². The molecule has 4 rings (SSSR count). The molecule has 1 aliphatic carbocycles. The van der Waals surface area contributed by atoms with E-state index in [1.165, 1.54) is 0 Å². The molecule has 1 N–H and O–H groups in total. The number of nitrogens with zero attached hydrogens (tertiary/aromatic N) is 4. The molecule has 0 unspecified atom stereocenters. The summed E-state index contributed by atoms with van der Waals surface area (Å²) in [6.07, 6.45) is 4.53. The Balaban J connectivity index is 1.87. The van der Waals surface area contributed by atoms with Crippen LogP contribution in [0.3, 0.4) is 0 Å². The Morgan fingerprint density at radius 3 is 2.63 bits per heavy atom. The Hall–Kier alpha value is -2.73. The normalized spacial score (nSPS) is 15.5. The van der Waals surface area contributed by atoms with E-state index in [-0.39, 0.29) is 11.2 Å². The molecule has 0 radical (unpaired) electrons. The quantitative estimate of drug-likeness (QED) is 0.721. The van der Waals surface area contributed by atoms with Gasteiger partial charge in [-0.1, -0.05) is 31.5 Å². The minimum absolute atomic E-state index is 0.0746. The Kier molecular flexibility index (Phi) is 4.23. The Bertz CT molecular complexity index is 1030. The second-order valence-electron chi connectivity index (χ2n) is 7.61. The van der Waals surface area contributed by atoms with Gasteiger partial charge in [0, 0.05) is 29.5 Å². The van der Waals surface area contributed by atoms with Crippen LogP contribution in [0.1, 0.15) is 41.9 Å². The van der Waals surface area contributed by atoms with Crippen molar-refractivity contribution in [3.05, 3.63) is 58.5 Å². The summed E-state index contributed by atoms with van der Waals surface area (Å²) in [7, 11) is 0. The Morgan fingerprint density at radius 2 is 1.89 bits per heavy atom.